The summed E-state index contributed by atoms with van der Waals surface area (Å²) in [7, 11) is 0. The summed E-state index contributed by atoms with van der Waals surface area (Å²) in [5, 5.41) is 0. The predicted molar refractivity (Wildman–Crippen MR) is 288 cm³/mol. The molecule has 0 aromatic carbocycles. The van der Waals surface area contributed by atoms with Gasteiger partial charge in [0.1, 0.15) is 19.3 Å². The van der Waals surface area contributed by atoms with Gasteiger partial charge >= 0.3 is 29.8 Å². The van der Waals surface area contributed by atoms with Crippen LogP contribution in [0.1, 0.15) is 285 Å². The van der Waals surface area contributed by atoms with Crippen molar-refractivity contribution < 1.29 is 52.5 Å². The Morgan fingerprint density at radius 2 is 0.959 bits per heavy atom. The molecule has 0 N–H and O–H groups in total. The number of unbranched alkanes of at least 4 members (excludes halogenated alkanes) is 24. The number of carbonyl (C=O) groups excluding carboxylic acids is 6. The molecule has 0 bridgehead atoms. The van der Waals surface area contributed by atoms with Gasteiger partial charge in [-0.05, 0) is 93.5 Å². The van der Waals surface area contributed by atoms with Crippen LogP contribution in [0, 0.1) is 28.6 Å². The predicted octanol–water partition coefficient (Wildman–Crippen LogP) is 15.5. The van der Waals surface area contributed by atoms with Gasteiger partial charge < -0.3 is 23.7 Å². The Hall–Kier alpha value is -3.24. The zero-order chi connectivity index (χ0) is 52.6. The summed E-state index contributed by atoms with van der Waals surface area (Å²) in [5.41, 5.74) is 1.41. The fourth-order valence-electron chi connectivity index (χ4n) is 13.1. The van der Waals surface area contributed by atoms with Crippen molar-refractivity contribution in [2.45, 2.75) is 297 Å². The van der Waals surface area contributed by atoms with Crippen LogP contribution in [0.25, 0.3) is 0 Å². The first-order valence-electron chi connectivity index (χ1n) is 30.5. The minimum atomic E-state index is -0.993. The molecule has 0 spiro atoms. The van der Waals surface area contributed by atoms with Crippen LogP contribution in [-0.2, 0) is 52.5 Å². The highest BCUT2D eigenvalue weighted by Crippen LogP contribution is 2.65. The fraction of sp³-hybridized carbons (Fsp3) is 0.871. The highest BCUT2D eigenvalue weighted by molar-refractivity contribution is 5.91. The Morgan fingerprint density at radius 3 is 1.48 bits per heavy atom. The van der Waals surface area contributed by atoms with E-state index in [1.54, 1.807) is 0 Å². The number of allylic oxidation sites excluding steroid dienone is 1. The quantitative estimate of drug-likeness (QED) is 0.0327. The Morgan fingerprint density at radius 1 is 0.493 bits per heavy atom. The summed E-state index contributed by atoms with van der Waals surface area (Å²) >= 11 is 0. The van der Waals surface area contributed by atoms with Crippen LogP contribution in [0.15, 0.2) is 11.6 Å². The van der Waals surface area contributed by atoms with E-state index in [9.17, 15) is 28.8 Å². The number of hydrogen-bond donors (Lipinski definition) is 0. The number of ether oxygens (including phenoxy) is 5. The van der Waals surface area contributed by atoms with Crippen molar-refractivity contribution in [1.82, 2.24) is 0 Å². The van der Waals surface area contributed by atoms with E-state index >= 15 is 0 Å². The van der Waals surface area contributed by atoms with Crippen LogP contribution in [0.2, 0.25) is 0 Å². The van der Waals surface area contributed by atoms with Gasteiger partial charge in [-0.3, -0.25) is 28.8 Å². The average molecular weight is 1030 g/mol. The standard InChI is InChI=1S/C62H104O11/c1-5-7-9-11-13-15-17-19-21-23-25-27-29-32-56(64)70-47-51(48-71-57(65)33-30-28-26-24-22-20-18-16-14-12-10-8-6-2)72-60(68)40-39-58(66)69-45-31-34-59(67)73-55-38-37-53-52-36-35-49-46-50(63)41-43-61(49,3)54(52)42-44-62(53,55)4/h46,51-55H,5-45,47-48H2,1-4H3/t52-,53-,54-,55?,61-,62-/m0/s1. The van der Waals surface area contributed by atoms with E-state index in [1.165, 1.54) is 134 Å². The van der Waals surface area contributed by atoms with Crippen molar-refractivity contribution in [1.29, 1.82) is 0 Å². The second kappa shape index (κ2) is 35.9. The first-order chi connectivity index (χ1) is 35.4. The summed E-state index contributed by atoms with van der Waals surface area (Å²) in [6, 6.07) is 0. The van der Waals surface area contributed by atoms with Crippen molar-refractivity contribution in [2.75, 3.05) is 19.8 Å². The van der Waals surface area contributed by atoms with E-state index in [2.05, 4.69) is 27.7 Å². The molecule has 0 heterocycles. The second-order valence-electron chi connectivity index (χ2n) is 23.4. The summed E-state index contributed by atoms with van der Waals surface area (Å²) in [5.74, 6) is -0.364. The van der Waals surface area contributed by atoms with Crippen LogP contribution in [-0.4, -0.2) is 67.7 Å². The van der Waals surface area contributed by atoms with Crippen LogP contribution in [0.3, 0.4) is 0 Å². The lowest BCUT2D eigenvalue weighted by Crippen LogP contribution is -2.51. The third kappa shape index (κ3) is 23.3. The number of esters is 5. The lowest BCUT2D eigenvalue weighted by Gasteiger charge is -2.57. The van der Waals surface area contributed by atoms with E-state index < -0.39 is 18.0 Å². The molecule has 11 heteroatoms. The normalized spacial score (nSPS) is 23.2. The highest BCUT2D eigenvalue weighted by Gasteiger charge is 2.60. The van der Waals surface area contributed by atoms with Crippen LogP contribution < -0.4 is 0 Å². The number of ketones is 1. The lowest BCUT2D eigenvalue weighted by atomic mass is 9.47. The molecule has 3 fully saturated rings. The van der Waals surface area contributed by atoms with Gasteiger partial charge in [0.15, 0.2) is 11.9 Å². The van der Waals surface area contributed by atoms with Crippen molar-refractivity contribution >= 4 is 35.6 Å². The van der Waals surface area contributed by atoms with E-state index in [0.717, 1.165) is 83.5 Å². The summed E-state index contributed by atoms with van der Waals surface area (Å²) in [4.78, 5) is 76.3. The third-order valence-corrected chi connectivity index (χ3v) is 17.6. The van der Waals surface area contributed by atoms with Crippen molar-refractivity contribution in [3.05, 3.63) is 11.6 Å². The second-order valence-corrected chi connectivity index (χ2v) is 23.4. The first-order valence-corrected chi connectivity index (χ1v) is 30.5. The van der Waals surface area contributed by atoms with Crippen LogP contribution in [0.4, 0.5) is 0 Å². The van der Waals surface area contributed by atoms with Crippen LogP contribution in [0.5, 0.6) is 0 Å². The molecule has 0 aromatic heterocycles. The molecule has 6 atom stereocenters. The van der Waals surface area contributed by atoms with E-state index in [0.29, 0.717) is 30.6 Å². The van der Waals surface area contributed by atoms with Crippen molar-refractivity contribution in [2.24, 2.45) is 28.6 Å². The fourth-order valence-corrected chi connectivity index (χ4v) is 13.1. The number of fused-ring (bicyclic) bond motifs is 5. The molecular formula is C62H104O11. The maximum Gasteiger partial charge on any atom is 0.306 e. The SMILES string of the molecule is CCCCCCCCCCCCCCCC(=O)OCC(COC(=O)CCCCCCCCCCCCCCC)OC(=O)CCC(=O)OCCCC(=O)OC1CC[C@H]2[C@@H]3CCC4=CC(=O)CC[C@]4(C)[C@H]3CC[C@]12C. The molecule has 4 aliphatic rings. The molecule has 0 amide bonds. The largest absolute Gasteiger partial charge is 0.466 e. The van der Waals surface area contributed by atoms with E-state index in [-0.39, 0.29) is 92.5 Å². The van der Waals surface area contributed by atoms with E-state index in [1.807, 2.05) is 6.08 Å². The number of hydrogen-bond acceptors (Lipinski definition) is 11. The highest BCUT2D eigenvalue weighted by atomic mass is 16.6. The minimum Gasteiger partial charge on any atom is -0.466 e. The number of carbonyl (C=O) groups is 6. The Labute approximate surface area is 443 Å². The summed E-state index contributed by atoms with van der Waals surface area (Å²) < 4.78 is 28.1. The maximum absolute atomic E-state index is 13.1. The van der Waals surface area contributed by atoms with Gasteiger partial charge in [-0.2, -0.15) is 0 Å². The summed E-state index contributed by atoms with van der Waals surface area (Å²) in [6.07, 6.45) is 40.6. The Kier molecular flexibility index (Phi) is 30.6. The van der Waals surface area contributed by atoms with E-state index in [4.69, 9.17) is 23.7 Å². The molecule has 11 nitrogen and oxygen atoms in total. The van der Waals surface area contributed by atoms with Gasteiger partial charge in [0.2, 0.25) is 0 Å². The van der Waals surface area contributed by atoms with Gasteiger partial charge in [0.25, 0.3) is 0 Å². The molecule has 4 rings (SSSR count). The monoisotopic (exact) mass is 1020 g/mol. The van der Waals surface area contributed by atoms with Gasteiger partial charge in [-0.1, -0.05) is 187 Å². The van der Waals surface area contributed by atoms with Gasteiger partial charge in [-0.25, -0.2) is 0 Å². The lowest BCUT2D eigenvalue weighted by molar-refractivity contribution is -0.167. The Balaban J connectivity index is 1.10. The topological polar surface area (TPSA) is 149 Å². The molecule has 1 unspecified atom stereocenters. The van der Waals surface area contributed by atoms with Crippen LogP contribution >= 0.6 is 0 Å². The molecule has 0 aliphatic heterocycles. The first kappa shape index (κ1) is 62.3. The van der Waals surface area contributed by atoms with Crippen molar-refractivity contribution in [3.8, 4) is 0 Å². The summed E-state index contributed by atoms with van der Waals surface area (Å²) in [6.45, 7) is 8.75. The molecule has 418 valence electrons. The molecule has 0 radical (unpaired) electrons. The Bertz CT molecular complexity index is 1610. The molecule has 0 aromatic rings. The molecular weight excluding hydrogens is 921 g/mol. The zero-order valence-electron chi connectivity index (χ0n) is 46.9. The smallest absolute Gasteiger partial charge is 0.306 e. The average Bonchev–Trinajstić information content (AvgIpc) is 3.71. The molecule has 4 aliphatic carbocycles. The molecule has 3 saturated carbocycles. The van der Waals surface area contributed by atoms with Crippen molar-refractivity contribution in [3.63, 3.8) is 0 Å². The maximum atomic E-state index is 13.1. The third-order valence-electron chi connectivity index (χ3n) is 17.6. The van der Waals surface area contributed by atoms with Gasteiger partial charge in [0, 0.05) is 31.1 Å². The zero-order valence-corrected chi connectivity index (χ0v) is 46.9. The number of rotatable bonds is 41. The minimum absolute atomic E-state index is 0.0290. The molecule has 0 saturated heterocycles. The van der Waals surface area contributed by atoms with Gasteiger partial charge in [0.05, 0.1) is 19.4 Å². The molecule has 73 heavy (non-hydrogen) atoms. The van der Waals surface area contributed by atoms with Gasteiger partial charge in [-0.15, -0.1) is 0 Å².